The molecule has 1 aromatic carbocycles. The number of nitro groups is 1. The van der Waals surface area contributed by atoms with Gasteiger partial charge >= 0.3 is 6.09 Å². The Hall–Kier alpha value is -2.31. The van der Waals surface area contributed by atoms with Crippen LogP contribution in [0.5, 0.6) is 0 Å². The van der Waals surface area contributed by atoms with Crippen molar-refractivity contribution in [1.82, 2.24) is 5.32 Å². The van der Waals surface area contributed by atoms with E-state index >= 15 is 0 Å². The van der Waals surface area contributed by atoms with E-state index in [0.29, 0.717) is 11.8 Å². The summed E-state index contributed by atoms with van der Waals surface area (Å²) in [5, 5.41) is 13.6. The normalized spacial score (nSPS) is 25.7. The highest BCUT2D eigenvalue weighted by atomic mass is 16.6. The van der Waals surface area contributed by atoms with Crippen molar-refractivity contribution < 1.29 is 14.5 Å². The first-order valence-electron chi connectivity index (χ1n) is 7.73. The summed E-state index contributed by atoms with van der Waals surface area (Å²) in [7, 11) is 0. The minimum Gasteiger partial charge on any atom is -0.444 e. The second kappa shape index (κ2) is 5.40. The Morgan fingerprint density at radius 1 is 1.26 bits per heavy atom. The van der Waals surface area contributed by atoms with Gasteiger partial charge in [0.15, 0.2) is 0 Å². The molecular formula is C16H21N3O4. The number of piperidine rings is 1. The standard InChI is InChI=1S/C16H21N3O4/c1-16(2,3)23-15(20)17-14-12-8-18(9-13(12)14)10-4-6-11(7-5-10)19(21)22/h4-7,12-14H,8-9H2,1-3H3,(H,17,20)/t12-,13+,14+. The number of benzene rings is 1. The van der Waals surface area contributed by atoms with Crippen molar-refractivity contribution in [2.75, 3.05) is 18.0 Å². The summed E-state index contributed by atoms with van der Waals surface area (Å²) in [4.78, 5) is 24.3. The number of alkyl carbamates (subject to hydrolysis) is 1. The Morgan fingerprint density at radius 2 is 1.83 bits per heavy atom. The SMILES string of the molecule is CC(C)(C)OC(=O)N[C@H]1[C@@H]2CN(c3ccc([N+](=O)[O-])cc3)C[C@@H]21. The van der Waals surface area contributed by atoms with Crippen LogP contribution in [-0.4, -0.2) is 35.7 Å². The van der Waals surface area contributed by atoms with Crippen LogP contribution in [0, 0.1) is 22.0 Å². The van der Waals surface area contributed by atoms with Gasteiger partial charge in [0, 0.05) is 48.8 Å². The Morgan fingerprint density at radius 3 is 2.30 bits per heavy atom. The molecule has 1 saturated carbocycles. The Kier molecular flexibility index (Phi) is 3.66. The van der Waals surface area contributed by atoms with Crippen LogP contribution in [0.25, 0.3) is 0 Å². The number of ether oxygens (including phenoxy) is 1. The van der Waals surface area contributed by atoms with Gasteiger partial charge in [0.2, 0.25) is 0 Å². The molecule has 1 aliphatic carbocycles. The van der Waals surface area contributed by atoms with Crippen LogP contribution in [0.1, 0.15) is 20.8 Å². The highest BCUT2D eigenvalue weighted by Gasteiger charge is 2.56. The van der Waals surface area contributed by atoms with Crippen LogP contribution in [0.15, 0.2) is 24.3 Å². The van der Waals surface area contributed by atoms with Crippen molar-refractivity contribution in [3.8, 4) is 0 Å². The van der Waals surface area contributed by atoms with Crippen molar-refractivity contribution >= 4 is 17.5 Å². The zero-order valence-corrected chi connectivity index (χ0v) is 13.5. The number of fused-ring (bicyclic) bond motifs is 1. The molecule has 0 unspecified atom stereocenters. The van der Waals surface area contributed by atoms with Gasteiger partial charge in [-0.15, -0.1) is 0 Å². The fourth-order valence-corrected chi connectivity index (χ4v) is 3.18. The van der Waals surface area contributed by atoms with E-state index in [1.54, 1.807) is 12.1 Å². The smallest absolute Gasteiger partial charge is 0.407 e. The summed E-state index contributed by atoms with van der Waals surface area (Å²) >= 11 is 0. The molecule has 2 fully saturated rings. The molecule has 1 N–H and O–H groups in total. The summed E-state index contributed by atoms with van der Waals surface area (Å²) in [5.41, 5.74) is 0.597. The van der Waals surface area contributed by atoms with Gasteiger partial charge in [-0.05, 0) is 32.9 Å². The molecule has 1 heterocycles. The van der Waals surface area contributed by atoms with Crippen molar-refractivity contribution in [1.29, 1.82) is 0 Å². The van der Waals surface area contributed by atoms with Crippen LogP contribution >= 0.6 is 0 Å². The third-order valence-electron chi connectivity index (χ3n) is 4.30. The number of hydrogen-bond donors (Lipinski definition) is 1. The number of nitrogens with one attached hydrogen (secondary N) is 1. The summed E-state index contributed by atoms with van der Waals surface area (Å²) in [6, 6.07) is 6.78. The van der Waals surface area contributed by atoms with Crippen LogP contribution in [0.3, 0.4) is 0 Å². The summed E-state index contributed by atoms with van der Waals surface area (Å²) in [6.07, 6.45) is -0.362. The maximum absolute atomic E-state index is 11.8. The topological polar surface area (TPSA) is 84.7 Å². The van der Waals surface area contributed by atoms with Crippen molar-refractivity contribution in [3.05, 3.63) is 34.4 Å². The maximum atomic E-state index is 11.8. The van der Waals surface area contributed by atoms with Gasteiger partial charge < -0.3 is 15.0 Å². The van der Waals surface area contributed by atoms with Gasteiger partial charge in [-0.1, -0.05) is 0 Å². The Bertz CT molecular complexity index is 611. The number of carbonyl (C=O) groups excluding carboxylic acids is 1. The molecule has 23 heavy (non-hydrogen) atoms. The molecule has 0 radical (unpaired) electrons. The second-order valence-electron chi connectivity index (χ2n) is 7.18. The van der Waals surface area contributed by atoms with E-state index in [9.17, 15) is 14.9 Å². The minimum absolute atomic E-state index is 0.0996. The molecule has 1 saturated heterocycles. The lowest BCUT2D eigenvalue weighted by atomic mass is 10.2. The van der Waals surface area contributed by atoms with Gasteiger partial charge in [-0.25, -0.2) is 4.79 Å². The van der Waals surface area contributed by atoms with Crippen molar-refractivity contribution in [2.24, 2.45) is 11.8 Å². The van der Waals surface area contributed by atoms with Crippen LogP contribution < -0.4 is 10.2 Å². The number of anilines is 1. The van der Waals surface area contributed by atoms with Crippen LogP contribution in [0.4, 0.5) is 16.2 Å². The quantitative estimate of drug-likeness (QED) is 0.683. The molecule has 124 valence electrons. The lowest BCUT2D eigenvalue weighted by molar-refractivity contribution is -0.384. The van der Waals surface area contributed by atoms with E-state index in [2.05, 4.69) is 10.2 Å². The van der Waals surface area contributed by atoms with E-state index < -0.39 is 10.5 Å². The molecule has 7 nitrogen and oxygen atoms in total. The van der Waals surface area contributed by atoms with Crippen molar-refractivity contribution in [2.45, 2.75) is 32.4 Å². The third kappa shape index (κ3) is 3.38. The molecule has 0 aromatic heterocycles. The predicted molar refractivity (Wildman–Crippen MR) is 85.4 cm³/mol. The predicted octanol–water partition coefficient (Wildman–Crippen LogP) is 2.55. The van der Waals surface area contributed by atoms with Gasteiger partial charge in [0.25, 0.3) is 5.69 Å². The monoisotopic (exact) mass is 319 g/mol. The lowest BCUT2D eigenvalue weighted by Gasteiger charge is -2.23. The molecule has 2 aliphatic rings. The average molecular weight is 319 g/mol. The van der Waals surface area contributed by atoms with Gasteiger partial charge in [-0.3, -0.25) is 10.1 Å². The Balaban J connectivity index is 1.51. The first-order valence-corrected chi connectivity index (χ1v) is 7.73. The number of amides is 1. The molecular weight excluding hydrogens is 298 g/mol. The zero-order chi connectivity index (χ0) is 16.8. The molecule has 1 aliphatic heterocycles. The highest BCUT2D eigenvalue weighted by Crippen LogP contribution is 2.47. The maximum Gasteiger partial charge on any atom is 0.407 e. The fourth-order valence-electron chi connectivity index (χ4n) is 3.18. The average Bonchev–Trinajstić information content (AvgIpc) is 2.90. The summed E-state index contributed by atoms with van der Waals surface area (Å²) in [5.74, 6) is 0.857. The number of non-ortho nitro benzene ring substituents is 1. The van der Waals surface area contributed by atoms with Crippen LogP contribution in [-0.2, 0) is 4.74 Å². The molecule has 3 rings (SSSR count). The zero-order valence-electron chi connectivity index (χ0n) is 13.5. The van der Waals surface area contributed by atoms with Gasteiger partial charge in [0.1, 0.15) is 5.60 Å². The van der Waals surface area contributed by atoms with Crippen LogP contribution in [0.2, 0.25) is 0 Å². The first-order chi connectivity index (χ1) is 10.7. The second-order valence-corrected chi connectivity index (χ2v) is 7.18. The third-order valence-corrected chi connectivity index (χ3v) is 4.30. The van der Waals surface area contributed by atoms with E-state index in [-0.39, 0.29) is 17.8 Å². The molecule has 7 heteroatoms. The van der Waals surface area contributed by atoms with E-state index in [4.69, 9.17) is 4.74 Å². The number of hydrogen-bond acceptors (Lipinski definition) is 5. The number of rotatable bonds is 3. The molecule has 0 spiro atoms. The Labute approximate surface area is 134 Å². The first kappa shape index (κ1) is 15.6. The highest BCUT2D eigenvalue weighted by molar-refractivity contribution is 5.69. The van der Waals surface area contributed by atoms with Crippen molar-refractivity contribution in [3.63, 3.8) is 0 Å². The lowest BCUT2D eigenvalue weighted by Crippen LogP contribution is -2.38. The molecule has 3 atom stereocenters. The fraction of sp³-hybridized carbons (Fsp3) is 0.562. The number of nitrogens with zero attached hydrogens (tertiary/aromatic N) is 2. The van der Waals surface area contributed by atoms with Gasteiger partial charge in [-0.2, -0.15) is 0 Å². The number of carbonyl (C=O) groups is 1. The molecule has 1 aromatic rings. The summed E-state index contributed by atoms with van der Waals surface area (Å²) < 4.78 is 5.27. The molecule has 0 bridgehead atoms. The number of nitro benzene ring substituents is 1. The molecule has 1 amide bonds. The minimum atomic E-state index is -0.487. The van der Waals surface area contributed by atoms with E-state index in [1.165, 1.54) is 12.1 Å². The largest absolute Gasteiger partial charge is 0.444 e. The van der Waals surface area contributed by atoms with E-state index in [0.717, 1.165) is 18.8 Å². The summed E-state index contributed by atoms with van der Waals surface area (Å²) in [6.45, 7) is 7.23. The van der Waals surface area contributed by atoms with Gasteiger partial charge in [0.05, 0.1) is 4.92 Å². The van der Waals surface area contributed by atoms with E-state index in [1.807, 2.05) is 20.8 Å².